The Morgan fingerprint density at radius 2 is 2.20 bits per heavy atom. The zero-order valence-electron chi connectivity index (χ0n) is 11.8. The molecule has 0 amide bonds. The van der Waals surface area contributed by atoms with Crippen LogP contribution < -0.4 is 14.8 Å². The van der Waals surface area contributed by atoms with Gasteiger partial charge >= 0.3 is 5.69 Å². The van der Waals surface area contributed by atoms with Crippen LogP contribution in [0.3, 0.4) is 0 Å². The van der Waals surface area contributed by atoms with Crippen LogP contribution in [-0.2, 0) is 0 Å². The van der Waals surface area contributed by atoms with Crippen molar-refractivity contribution in [3.8, 4) is 11.5 Å². The summed E-state index contributed by atoms with van der Waals surface area (Å²) in [4.78, 5) is 10.6. The van der Waals surface area contributed by atoms with Crippen LogP contribution in [0.4, 0.5) is 5.69 Å². The number of nitrogens with zero attached hydrogens (tertiary/aromatic N) is 1. The molecule has 0 aliphatic heterocycles. The van der Waals surface area contributed by atoms with Gasteiger partial charge in [0.05, 0.1) is 12.0 Å². The summed E-state index contributed by atoms with van der Waals surface area (Å²) in [5.74, 6) is 0.846. The van der Waals surface area contributed by atoms with Gasteiger partial charge in [-0.3, -0.25) is 10.1 Å². The van der Waals surface area contributed by atoms with E-state index >= 15 is 0 Å². The summed E-state index contributed by atoms with van der Waals surface area (Å²) in [5.41, 5.74) is -0.0178. The monoisotopic (exact) mass is 280 g/mol. The highest BCUT2D eigenvalue weighted by Crippen LogP contribution is 2.35. The molecule has 2 rings (SSSR count). The van der Waals surface area contributed by atoms with Crippen molar-refractivity contribution >= 4 is 5.69 Å². The first-order chi connectivity index (χ1) is 9.63. The first-order valence-electron chi connectivity index (χ1n) is 6.86. The van der Waals surface area contributed by atoms with E-state index in [1.807, 2.05) is 0 Å². The first kappa shape index (κ1) is 14.6. The van der Waals surface area contributed by atoms with Crippen LogP contribution in [0, 0.1) is 10.1 Å². The third-order valence-corrected chi connectivity index (χ3v) is 3.44. The van der Waals surface area contributed by atoms with Gasteiger partial charge in [0.15, 0.2) is 0 Å². The molecule has 6 nitrogen and oxygen atoms in total. The third kappa shape index (κ3) is 3.39. The Balaban J connectivity index is 1.97. The van der Waals surface area contributed by atoms with Crippen molar-refractivity contribution in [3.63, 3.8) is 0 Å². The van der Waals surface area contributed by atoms with Crippen LogP contribution in [0.15, 0.2) is 18.2 Å². The number of ether oxygens (including phenoxy) is 2. The normalized spacial score (nSPS) is 21.1. The van der Waals surface area contributed by atoms with Gasteiger partial charge in [-0.15, -0.1) is 0 Å². The number of benzene rings is 1. The van der Waals surface area contributed by atoms with E-state index < -0.39 is 4.92 Å². The zero-order chi connectivity index (χ0) is 14.5. The van der Waals surface area contributed by atoms with Crippen molar-refractivity contribution < 1.29 is 14.4 Å². The summed E-state index contributed by atoms with van der Waals surface area (Å²) < 4.78 is 10.8. The van der Waals surface area contributed by atoms with Gasteiger partial charge in [-0.25, -0.2) is 0 Å². The van der Waals surface area contributed by atoms with Gasteiger partial charge in [-0.1, -0.05) is 6.92 Å². The molecule has 1 aromatic carbocycles. The second kappa shape index (κ2) is 6.56. The first-order valence-corrected chi connectivity index (χ1v) is 6.86. The van der Waals surface area contributed by atoms with Gasteiger partial charge < -0.3 is 14.8 Å². The van der Waals surface area contributed by atoms with Gasteiger partial charge in [0.25, 0.3) is 0 Å². The van der Waals surface area contributed by atoms with E-state index in [9.17, 15) is 10.1 Å². The molecule has 1 fully saturated rings. The summed E-state index contributed by atoms with van der Waals surface area (Å²) in [6.07, 6.45) is 2.90. The molecule has 0 radical (unpaired) electrons. The molecular weight excluding hydrogens is 260 g/mol. The molecule has 20 heavy (non-hydrogen) atoms. The molecule has 0 spiro atoms. The minimum absolute atomic E-state index is 0.0178. The molecule has 0 bridgehead atoms. The average molecular weight is 280 g/mol. The van der Waals surface area contributed by atoms with Gasteiger partial charge in [-0.05, 0) is 31.9 Å². The summed E-state index contributed by atoms with van der Waals surface area (Å²) >= 11 is 0. The molecule has 0 atom stereocenters. The molecular formula is C14H20N2O4. The van der Waals surface area contributed by atoms with Gasteiger partial charge in [0.2, 0.25) is 5.75 Å². The predicted octanol–water partition coefficient (Wildman–Crippen LogP) is 2.51. The molecule has 0 aromatic heterocycles. The fourth-order valence-corrected chi connectivity index (χ4v) is 2.22. The standard InChI is InChI=1S/C14H20N2O4/c1-3-6-15-10-7-12(8-10)20-14-9-11(19-2)4-5-13(14)16(17)18/h4-5,9-10,12,15H,3,6-8H2,1-2H3. The number of hydrogen-bond donors (Lipinski definition) is 1. The molecule has 1 N–H and O–H groups in total. The smallest absolute Gasteiger partial charge is 0.311 e. The van der Waals surface area contributed by atoms with Crippen molar-refractivity contribution in [2.45, 2.75) is 38.3 Å². The lowest BCUT2D eigenvalue weighted by atomic mass is 9.89. The molecule has 1 aromatic rings. The summed E-state index contributed by atoms with van der Waals surface area (Å²) in [5, 5.41) is 14.4. The quantitative estimate of drug-likeness (QED) is 0.613. The van der Waals surface area contributed by atoms with Crippen molar-refractivity contribution in [3.05, 3.63) is 28.3 Å². The average Bonchev–Trinajstić information content (AvgIpc) is 2.40. The van der Waals surface area contributed by atoms with E-state index in [1.165, 1.54) is 13.2 Å². The summed E-state index contributed by atoms with van der Waals surface area (Å²) in [6, 6.07) is 5.02. The molecule has 1 aliphatic carbocycles. The van der Waals surface area contributed by atoms with Crippen LogP contribution in [0.5, 0.6) is 11.5 Å². The van der Waals surface area contributed by atoms with Crippen molar-refractivity contribution in [1.82, 2.24) is 5.32 Å². The van der Waals surface area contributed by atoms with Gasteiger partial charge in [0.1, 0.15) is 11.9 Å². The second-order valence-electron chi connectivity index (χ2n) is 4.95. The van der Waals surface area contributed by atoms with Crippen LogP contribution >= 0.6 is 0 Å². The SMILES string of the molecule is CCCNC1CC(Oc2cc(OC)ccc2[N+](=O)[O-])C1. The maximum atomic E-state index is 11.0. The Morgan fingerprint density at radius 1 is 1.45 bits per heavy atom. The highest BCUT2D eigenvalue weighted by molar-refractivity contribution is 5.50. The molecule has 0 saturated heterocycles. The van der Waals surface area contributed by atoms with Crippen LogP contribution in [0.1, 0.15) is 26.2 Å². The van der Waals surface area contributed by atoms with E-state index in [-0.39, 0.29) is 17.5 Å². The lowest BCUT2D eigenvalue weighted by molar-refractivity contribution is -0.386. The number of methoxy groups -OCH3 is 1. The molecule has 6 heteroatoms. The van der Waals surface area contributed by atoms with Crippen molar-refractivity contribution in [2.24, 2.45) is 0 Å². The Bertz CT molecular complexity index is 472. The number of hydrogen-bond acceptors (Lipinski definition) is 5. The van der Waals surface area contributed by atoms with Gasteiger partial charge in [0, 0.05) is 18.2 Å². The lowest BCUT2D eigenvalue weighted by Crippen LogP contribution is -2.47. The van der Waals surface area contributed by atoms with E-state index in [1.54, 1.807) is 12.1 Å². The number of nitrogens with one attached hydrogen (secondary N) is 1. The van der Waals surface area contributed by atoms with E-state index in [2.05, 4.69) is 12.2 Å². The maximum absolute atomic E-state index is 11.0. The van der Waals surface area contributed by atoms with Crippen LogP contribution in [0.25, 0.3) is 0 Å². The highest BCUT2D eigenvalue weighted by atomic mass is 16.6. The molecule has 1 aliphatic rings. The topological polar surface area (TPSA) is 73.6 Å². The van der Waals surface area contributed by atoms with Crippen LogP contribution in [-0.4, -0.2) is 30.7 Å². The van der Waals surface area contributed by atoms with Crippen molar-refractivity contribution in [1.29, 1.82) is 0 Å². The van der Waals surface area contributed by atoms with Crippen molar-refractivity contribution in [2.75, 3.05) is 13.7 Å². The van der Waals surface area contributed by atoms with E-state index in [0.29, 0.717) is 11.8 Å². The fraction of sp³-hybridized carbons (Fsp3) is 0.571. The van der Waals surface area contributed by atoms with E-state index in [0.717, 1.165) is 25.8 Å². The van der Waals surface area contributed by atoms with E-state index in [4.69, 9.17) is 9.47 Å². The largest absolute Gasteiger partial charge is 0.497 e. The fourth-order valence-electron chi connectivity index (χ4n) is 2.22. The Kier molecular flexibility index (Phi) is 4.79. The number of nitro groups is 1. The van der Waals surface area contributed by atoms with Gasteiger partial charge in [-0.2, -0.15) is 0 Å². The summed E-state index contributed by atoms with van der Waals surface area (Å²) in [6.45, 7) is 3.12. The maximum Gasteiger partial charge on any atom is 0.311 e. The molecule has 110 valence electrons. The highest BCUT2D eigenvalue weighted by Gasteiger charge is 2.32. The Morgan fingerprint density at radius 3 is 2.80 bits per heavy atom. The zero-order valence-corrected chi connectivity index (χ0v) is 11.8. The minimum atomic E-state index is -0.430. The minimum Gasteiger partial charge on any atom is -0.497 e. The number of rotatable bonds is 7. The predicted molar refractivity (Wildman–Crippen MR) is 75.4 cm³/mol. The Hall–Kier alpha value is -1.82. The molecule has 1 saturated carbocycles. The lowest BCUT2D eigenvalue weighted by Gasteiger charge is -2.35. The number of nitro benzene ring substituents is 1. The second-order valence-corrected chi connectivity index (χ2v) is 4.95. The Labute approximate surface area is 118 Å². The summed E-state index contributed by atoms with van der Waals surface area (Å²) in [7, 11) is 1.53. The third-order valence-electron chi connectivity index (χ3n) is 3.44. The molecule has 0 unspecified atom stereocenters. The van der Waals surface area contributed by atoms with Crippen LogP contribution in [0.2, 0.25) is 0 Å². The molecule has 0 heterocycles.